The van der Waals surface area contributed by atoms with Gasteiger partial charge in [-0.1, -0.05) is 22.0 Å². The van der Waals surface area contributed by atoms with Crippen molar-refractivity contribution in [2.24, 2.45) is 0 Å². The van der Waals surface area contributed by atoms with Crippen molar-refractivity contribution < 1.29 is 4.79 Å². The molecule has 86 valence electrons. The van der Waals surface area contributed by atoms with E-state index in [0.29, 0.717) is 12.5 Å². The lowest BCUT2D eigenvalue weighted by Gasteiger charge is -2.06. The molecule has 1 aromatic carbocycles. The number of amides is 1. The van der Waals surface area contributed by atoms with Crippen LogP contribution in [0.4, 0.5) is 5.69 Å². The van der Waals surface area contributed by atoms with E-state index >= 15 is 0 Å². The second kappa shape index (κ2) is 5.46. The summed E-state index contributed by atoms with van der Waals surface area (Å²) < 4.78 is 0.974. The fourth-order valence-corrected chi connectivity index (χ4v) is 1.87. The highest BCUT2D eigenvalue weighted by molar-refractivity contribution is 9.10. The highest BCUT2D eigenvalue weighted by atomic mass is 79.9. The average Bonchev–Trinajstić information content (AvgIpc) is 3.01. The maximum absolute atomic E-state index is 11.6. The van der Waals surface area contributed by atoms with Gasteiger partial charge in [0.25, 0.3) is 0 Å². The zero-order valence-corrected chi connectivity index (χ0v) is 10.6. The van der Waals surface area contributed by atoms with E-state index in [0.717, 1.165) is 16.7 Å². The average molecular weight is 283 g/mol. The molecule has 1 aromatic rings. The molecule has 0 saturated heterocycles. The zero-order valence-electron chi connectivity index (χ0n) is 9.00. The number of hydrogen-bond donors (Lipinski definition) is 2. The van der Waals surface area contributed by atoms with E-state index in [-0.39, 0.29) is 5.91 Å². The third kappa shape index (κ3) is 3.94. The lowest BCUT2D eigenvalue weighted by atomic mass is 10.3. The highest BCUT2D eigenvalue weighted by Gasteiger charge is 2.19. The van der Waals surface area contributed by atoms with Gasteiger partial charge in [0, 0.05) is 29.2 Å². The molecule has 2 N–H and O–H groups in total. The quantitative estimate of drug-likeness (QED) is 0.872. The number of rotatable bonds is 5. The van der Waals surface area contributed by atoms with Gasteiger partial charge in [-0.2, -0.15) is 0 Å². The molecule has 0 spiro atoms. The molecule has 0 radical (unpaired) electrons. The topological polar surface area (TPSA) is 41.1 Å². The van der Waals surface area contributed by atoms with Crippen LogP contribution in [0.2, 0.25) is 0 Å². The minimum absolute atomic E-state index is 0.0613. The summed E-state index contributed by atoms with van der Waals surface area (Å²) in [6.45, 7) is 0.768. The number of anilines is 1. The Labute approximate surface area is 104 Å². The number of nitrogens with one attached hydrogen (secondary N) is 2. The first-order valence-electron chi connectivity index (χ1n) is 5.53. The number of halogens is 1. The van der Waals surface area contributed by atoms with Crippen LogP contribution >= 0.6 is 15.9 Å². The largest absolute Gasteiger partial charge is 0.326 e. The molecule has 1 saturated carbocycles. The minimum atomic E-state index is 0.0613. The first-order valence-corrected chi connectivity index (χ1v) is 6.32. The Hall–Kier alpha value is -0.870. The van der Waals surface area contributed by atoms with Crippen molar-refractivity contribution in [3.05, 3.63) is 28.7 Å². The van der Waals surface area contributed by atoms with Crippen LogP contribution in [0.1, 0.15) is 19.3 Å². The molecule has 4 heteroatoms. The van der Waals surface area contributed by atoms with E-state index in [4.69, 9.17) is 0 Å². The SMILES string of the molecule is O=C(CCNC1CC1)Nc1cccc(Br)c1. The van der Waals surface area contributed by atoms with Gasteiger partial charge in [-0.05, 0) is 31.0 Å². The summed E-state index contributed by atoms with van der Waals surface area (Å²) in [4.78, 5) is 11.6. The second-order valence-electron chi connectivity index (χ2n) is 4.04. The number of hydrogen-bond acceptors (Lipinski definition) is 2. The molecule has 1 amide bonds. The summed E-state index contributed by atoms with van der Waals surface area (Å²) >= 11 is 3.37. The lowest BCUT2D eigenvalue weighted by molar-refractivity contribution is -0.116. The van der Waals surface area contributed by atoms with Gasteiger partial charge in [-0.25, -0.2) is 0 Å². The molecule has 0 aromatic heterocycles. The Kier molecular flexibility index (Phi) is 3.96. The van der Waals surface area contributed by atoms with Crippen molar-refractivity contribution in [1.29, 1.82) is 0 Å². The predicted molar refractivity (Wildman–Crippen MR) is 68.4 cm³/mol. The summed E-state index contributed by atoms with van der Waals surface area (Å²) in [5.41, 5.74) is 0.839. The van der Waals surface area contributed by atoms with Gasteiger partial charge in [0.1, 0.15) is 0 Å². The third-order valence-corrected chi connectivity index (χ3v) is 2.96. The molecule has 1 aliphatic carbocycles. The van der Waals surface area contributed by atoms with E-state index in [9.17, 15) is 4.79 Å². The second-order valence-corrected chi connectivity index (χ2v) is 4.95. The van der Waals surface area contributed by atoms with Crippen molar-refractivity contribution in [3.63, 3.8) is 0 Å². The predicted octanol–water partition coefficient (Wildman–Crippen LogP) is 2.53. The molecule has 16 heavy (non-hydrogen) atoms. The van der Waals surface area contributed by atoms with Gasteiger partial charge in [-0.15, -0.1) is 0 Å². The fraction of sp³-hybridized carbons (Fsp3) is 0.417. The van der Waals surface area contributed by atoms with Gasteiger partial charge < -0.3 is 10.6 Å². The molecule has 0 heterocycles. The van der Waals surface area contributed by atoms with Crippen LogP contribution in [-0.4, -0.2) is 18.5 Å². The van der Waals surface area contributed by atoms with Crippen LogP contribution in [0.15, 0.2) is 28.7 Å². The number of carbonyl (C=O) groups excluding carboxylic acids is 1. The monoisotopic (exact) mass is 282 g/mol. The van der Waals surface area contributed by atoms with Crippen LogP contribution < -0.4 is 10.6 Å². The van der Waals surface area contributed by atoms with E-state index in [1.807, 2.05) is 24.3 Å². The zero-order chi connectivity index (χ0) is 11.4. The molecule has 1 fully saturated rings. The maximum Gasteiger partial charge on any atom is 0.225 e. The van der Waals surface area contributed by atoms with Crippen molar-refractivity contribution in [3.8, 4) is 0 Å². The number of benzene rings is 1. The van der Waals surface area contributed by atoms with Crippen LogP contribution in [0.25, 0.3) is 0 Å². The Morgan fingerprint density at radius 2 is 2.25 bits per heavy atom. The van der Waals surface area contributed by atoms with Crippen molar-refractivity contribution in [2.75, 3.05) is 11.9 Å². The van der Waals surface area contributed by atoms with E-state index < -0.39 is 0 Å². The van der Waals surface area contributed by atoms with E-state index in [1.54, 1.807) is 0 Å². The number of carbonyl (C=O) groups is 1. The molecule has 0 atom stereocenters. The first kappa shape index (κ1) is 11.6. The van der Waals surface area contributed by atoms with Gasteiger partial charge in [0.05, 0.1) is 0 Å². The summed E-state index contributed by atoms with van der Waals surface area (Å²) in [5.74, 6) is 0.0613. The van der Waals surface area contributed by atoms with E-state index in [1.165, 1.54) is 12.8 Å². The van der Waals surface area contributed by atoms with Crippen molar-refractivity contribution in [1.82, 2.24) is 5.32 Å². The third-order valence-electron chi connectivity index (χ3n) is 2.47. The molecular weight excluding hydrogens is 268 g/mol. The smallest absolute Gasteiger partial charge is 0.225 e. The summed E-state index contributed by atoms with van der Waals surface area (Å²) in [6.07, 6.45) is 3.05. The molecule has 0 aliphatic heterocycles. The Bertz CT molecular complexity index is 377. The van der Waals surface area contributed by atoms with Crippen molar-refractivity contribution >= 4 is 27.5 Å². The Morgan fingerprint density at radius 1 is 1.44 bits per heavy atom. The minimum Gasteiger partial charge on any atom is -0.326 e. The molecule has 3 nitrogen and oxygen atoms in total. The van der Waals surface area contributed by atoms with E-state index in [2.05, 4.69) is 26.6 Å². The maximum atomic E-state index is 11.6. The van der Waals surface area contributed by atoms with Crippen LogP contribution in [0.3, 0.4) is 0 Å². The lowest BCUT2D eigenvalue weighted by Crippen LogP contribution is -2.23. The Balaban J connectivity index is 1.73. The molecule has 2 rings (SSSR count). The van der Waals surface area contributed by atoms with Crippen LogP contribution in [0, 0.1) is 0 Å². The van der Waals surface area contributed by atoms with Gasteiger partial charge >= 0.3 is 0 Å². The Morgan fingerprint density at radius 3 is 2.94 bits per heavy atom. The first-order chi connectivity index (χ1) is 7.74. The molecule has 1 aliphatic rings. The highest BCUT2D eigenvalue weighted by Crippen LogP contribution is 2.18. The molecule has 0 unspecified atom stereocenters. The van der Waals surface area contributed by atoms with Gasteiger partial charge in [0.15, 0.2) is 0 Å². The summed E-state index contributed by atoms with van der Waals surface area (Å²) in [7, 11) is 0. The van der Waals surface area contributed by atoms with Crippen molar-refractivity contribution in [2.45, 2.75) is 25.3 Å². The standard InChI is InChI=1S/C12H15BrN2O/c13-9-2-1-3-11(8-9)15-12(16)6-7-14-10-4-5-10/h1-3,8,10,14H,4-7H2,(H,15,16). The summed E-state index contributed by atoms with van der Waals surface area (Å²) in [5, 5.41) is 6.18. The van der Waals surface area contributed by atoms with Gasteiger partial charge in [0.2, 0.25) is 5.91 Å². The molecular formula is C12H15BrN2O. The van der Waals surface area contributed by atoms with Gasteiger partial charge in [-0.3, -0.25) is 4.79 Å². The fourth-order valence-electron chi connectivity index (χ4n) is 1.47. The summed E-state index contributed by atoms with van der Waals surface area (Å²) in [6, 6.07) is 8.29. The molecule has 0 bridgehead atoms. The normalized spacial score (nSPS) is 14.8. The van der Waals surface area contributed by atoms with Crippen LogP contribution in [-0.2, 0) is 4.79 Å². The van der Waals surface area contributed by atoms with Crippen LogP contribution in [0.5, 0.6) is 0 Å².